The average Bonchev–Trinajstić information content (AvgIpc) is 2.48. The van der Waals surface area contributed by atoms with E-state index in [-0.39, 0.29) is 11.6 Å². The minimum Gasteiger partial charge on any atom is -0.507 e. The van der Waals surface area contributed by atoms with Crippen molar-refractivity contribution in [1.82, 2.24) is 0 Å². The molecule has 0 amide bonds. The van der Waals surface area contributed by atoms with Gasteiger partial charge in [-0.3, -0.25) is 4.99 Å². The summed E-state index contributed by atoms with van der Waals surface area (Å²) in [7, 11) is 0. The van der Waals surface area contributed by atoms with E-state index in [4.69, 9.17) is 4.74 Å². The van der Waals surface area contributed by atoms with Crippen molar-refractivity contribution in [2.75, 3.05) is 6.61 Å². The summed E-state index contributed by atoms with van der Waals surface area (Å²) in [4.78, 5) is 4.19. The van der Waals surface area contributed by atoms with Crippen LogP contribution in [0.5, 0.6) is 11.5 Å². The summed E-state index contributed by atoms with van der Waals surface area (Å²) in [5, 5.41) is 9.94. The number of ether oxygens (including phenoxy) is 1. The van der Waals surface area contributed by atoms with Crippen LogP contribution in [0.25, 0.3) is 0 Å². The standard InChI is InChI=1S/C17H18FNO2/c1-2-3-10-21-16-9-4-13(17(20)11-16)12-19-15-7-5-14(18)6-8-15/h4-9,11-12,20H,2-3,10H2,1H3. The van der Waals surface area contributed by atoms with Crippen molar-refractivity contribution < 1.29 is 14.2 Å². The maximum absolute atomic E-state index is 12.8. The molecule has 0 atom stereocenters. The summed E-state index contributed by atoms with van der Waals surface area (Å²) in [5.74, 6) is 0.445. The van der Waals surface area contributed by atoms with Gasteiger partial charge in [-0.2, -0.15) is 0 Å². The van der Waals surface area contributed by atoms with E-state index in [1.807, 2.05) is 0 Å². The van der Waals surface area contributed by atoms with Crippen LogP contribution < -0.4 is 4.74 Å². The molecule has 0 saturated carbocycles. The lowest BCUT2D eigenvalue weighted by molar-refractivity contribution is 0.307. The van der Waals surface area contributed by atoms with Crippen molar-refractivity contribution in [3.63, 3.8) is 0 Å². The third-order valence-corrected chi connectivity index (χ3v) is 2.95. The lowest BCUT2D eigenvalue weighted by atomic mass is 10.2. The van der Waals surface area contributed by atoms with Crippen LogP contribution in [0.1, 0.15) is 25.3 Å². The average molecular weight is 287 g/mol. The number of nitrogens with zero attached hydrogens (tertiary/aromatic N) is 1. The van der Waals surface area contributed by atoms with Crippen molar-refractivity contribution in [3.8, 4) is 11.5 Å². The van der Waals surface area contributed by atoms with Crippen LogP contribution in [-0.4, -0.2) is 17.9 Å². The number of unbranched alkanes of at least 4 members (excludes halogenated alkanes) is 1. The predicted molar refractivity (Wildman–Crippen MR) is 82.2 cm³/mol. The first kappa shape index (κ1) is 15.0. The van der Waals surface area contributed by atoms with Gasteiger partial charge in [-0.05, 0) is 42.8 Å². The molecule has 0 unspecified atom stereocenters. The number of hydrogen-bond donors (Lipinski definition) is 1. The van der Waals surface area contributed by atoms with Crippen LogP contribution >= 0.6 is 0 Å². The molecule has 0 aromatic heterocycles. The van der Waals surface area contributed by atoms with Gasteiger partial charge in [-0.15, -0.1) is 0 Å². The minimum atomic E-state index is -0.301. The van der Waals surface area contributed by atoms with Crippen LogP contribution in [0.15, 0.2) is 47.5 Å². The number of phenols is 1. The van der Waals surface area contributed by atoms with Gasteiger partial charge in [0.15, 0.2) is 0 Å². The number of aromatic hydroxyl groups is 1. The van der Waals surface area contributed by atoms with Gasteiger partial charge in [0, 0.05) is 17.8 Å². The molecule has 0 aliphatic rings. The first-order valence-corrected chi connectivity index (χ1v) is 6.94. The molecule has 0 heterocycles. The van der Waals surface area contributed by atoms with Crippen LogP contribution in [0.3, 0.4) is 0 Å². The van der Waals surface area contributed by atoms with Gasteiger partial charge < -0.3 is 9.84 Å². The number of phenolic OH excluding ortho intramolecular Hbond substituents is 1. The maximum Gasteiger partial charge on any atom is 0.128 e. The molecule has 0 bridgehead atoms. The Morgan fingerprint density at radius 2 is 1.95 bits per heavy atom. The van der Waals surface area contributed by atoms with Gasteiger partial charge in [0.2, 0.25) is 0 Å². The highest BCUT2D eigenvalue weighted by molar-refractivity contribution is 5.85. The second-order valence-electron chi connectivity index (χ2n) is 4.66. The van der Waals surface area contributed by atoms with E-state index >= 15 is 0 Å². The lowest BCUT2D eigenvalue weighted by Crippen LogP contribution is -1.96. The Balaban J connectivity index is 2.05. The molecule has 110 valence electrons. The van der Waals surface area contributed by atoms with Crippen molar-refractivity contribution >= 4 is 11.9 Å². The zero-order valence-corrected chi connectivity index (χ0v) is 11.9. The van der Waals surface area contributed by atoms with Gasteiger partial charge >= 0.3 is 0 Å². The summed E-state index contributed by atoms with van der Waals surface area (Å²) in [6.45, 7) is 2.73. The van der Waals surface area contributed by atoms with Gasteiger partial charge in [-0.1, -0.05) is 13.3 Å². The molecule has 2 rings (SSSR count). The maximum atomic E-state index is 12.8. The Hall–Kier alpha value is -2.36. The SMILES string of the molecule is CCCCOc1ccc(C=Nc2ccc(F)cc2)c(O)c1. The van der Waals surface area contributed by atoms with E-state index in [9.17, 15) is 9.50 Å². The Kier molecular flexibility index (Phi) is 5.32. The molecule has 1 N–H and O–H groups in total. The van der Waals surface area contributed by atoms with Crippen LogP contribution in [0, 0.1) is 5.82 Å². The van der Waals surface area contributed by atoms with Crippen molar-refractivity contribution in [2.45, 2.75) is 19.8 Å². The van der Waals surface area contributed by atoms with E-state index in [1.165, 1.54) is 12.1 Å². The lowest BCUT2D eigenvalue weighted by Gasteiger charge is -2.06. The van der Waals surface area contributed by atoms with Gasteiger partial charge in [-0.25, -0.2) is 4.39 Å². The van der Waals surface area contributed by atoms with Gasteiger partial charge in [0.05, 0.1) is 12.3 Å². The Labute approximate surface area is 123 Å². The van der Waals surface area contributed by atoms with E-state index < -0.39 is 0 Å². The predicted octanol–water partition coefficient (Wildman–Crippen LogP) is 4.46. The summed E-state index contributed by atoms with van der Waals surface area (Å²) in [6.07, 6.45) is 3.58. The molecule has 0 fully saturated rings. The summed E-state index contributed by atoms with van der Waals surface area (Å²) < 4.78 is 18.3. The highest BCUT2D eigenvalue weighted by Crippen LogP contribution is 2.23. The monoisotopic (exact) mass is 287 g/mol. The van der Waals surface area contributed by atoms with E-state index in [2.05, 4.69) is 11.9 Å². The van der Waals surface area contributed by atoms with Crippen molar-refractivity contribution in [1.29, 1.82) is 0 Å². The van der Waals surface area contributed by atoms with Crippen LogP contribution in [0.4, 0.5) is 10.1 Å². The topological polar surface area (TPSA) is 41.8 Å². The van der Waals surface area contributed by atoms with Crippen LogP contribution in [0.2, 0.25) is 0 Å². The number of aliphatic imine (C=N–C) groups is 1. The third-order valence-electron chi connectivity index (χ3n) is 2.95. The summed E-state index contributed by atoms with van der Waals surface area (Å²) >= 11 is 0. The Morgan fingerprint density at radius 1 is 1.19 bits per heavy atom. The van der Waals surface area contributed by atoms with Crippen molar-refractivity contribution in [3.05, 3.63) is 53.8 Å². The third kappa shape index (κ3) is 4.60. The zero-order valence-electron chi connectivity index (χ0n) is 11.9. The molecule has 0 saturated heterocycles. The fourth-order valence-corrected chi connectivity index (χ4v) is 1.73. The largest absolute Gasteiger partial charge is 0.507 e. The molecule has 4 heteroatoms. The fourth-order valence-electron chi connectivity index (χ4n) is 1.73. The molecule has 0 spiro atoms. The highest BCUT2D eigenvalue weighted by Gasteiger charge is 2.01. The number of benzene rings is 2. The second kappa shape index (κ2) is 7.43. The number of rotatable bonds is 6. The molecule has 0 aliphatic carbocycles. The van der Waals surface area contributed by atoms with Gasteiger partial charge in [0.1, 0.15) is 17.3 Å². The van der Waals surface area contributed by atoms with E-state index in [1.54, 1.807) is 36.5 Å². The van der Waals surface area contributed by atoms with Crippen LogP contribution in [-0.2, 0) is 0 Å². The second-order valence-corrected chi connectivity index (χ2v) is 4.66. The smallest absolute Gasteiger partial charge is 0.128 e. The Morgan fingerprint density at radius 3 is 2.62 bits per heavy atom. The molecular weight excluding hydrogens is 269 g/mol. The first-order valence-electron chi connectivity index (χ1n) is 6.94. The zero-order chi connectivity index (χ0) is 15.1. The van der Waals surface area contributed by atoms with Gasteiger partial charge in [0.25, 0.3) is 0 Å². The molecule has 21 heavy (non-hydrogen) atoms. The van der Waals surface area contributed by atoms with E-state index in [0.29, 0.717) is 23.6 Å². The Bertz CT molecular complexity index is 609. The summed E-state index contributed by atoms with van der Waals surface area (Å²) in [5.41, 5.74) is 1.21. The molecule has 0 radical (unpaired) electrons. The van der Waals surface area contributed by atoms with E-state index in [0.717, 1.165) is 12.8 Å². The molecule has 2 aromatic carbocycles. The fraction of sp³-hybridized carbons (Fsp3) is 0.235. The normalized spacial score (nSPS) is 11.0. The molecule has 2 aromatic rings. The molecular formula is C17H18FNO2. The molecule has 0 aliphatic heterocycles. The quantitative estimate of drug-likeness (QED) is 0.629. The summed E-state index contributed by atoms with van der Waals surface area (Å²) in [6, 6.07) is 10.9. The number of hydrogen-bond acceptors (Lipinski definition) is 3. The minimum absolute atomic E-state index is 0.106. The molecule has 3 nitrogen and oxygen atoms in total. The highest BCUT2D eigenvalue weighted by atomic mass is 19.1. The van der Waals surface area contributed by atoms with Crippen molar-refractivity contribution in [2.24, 2.45) is 4.99 Å². The number of halogens is 1. The first-order chi connectivity index (χ1) is 10.2.